The summed E-state index contributed by atoms with van der Waals surface area (Å²) in [6.45, 7) is 3.12. The van der Waals surface area contributed by atoms with E-state index >= 15 is 0 Å². The maximum atomic E-state index is 12.5. The quantitative estimate of drug-likeness (QED) is 0.626. The van der Waals surface area contributed by atoms with E-state index in [0.717, 1.165) is 16.5 Å². The zero-order valence-electron chi connectivity index (χ0n) is 14.7. The van der Waals surface area contributed by atoms with E-state index in [0.29, 0.717) is 22.0 Å². The van der Waals surface area contributed by atoms with E-state index in [1.807, 2.05) is 31.2 Å². The molecule has 0 aliphatic carbocycles. The van der Waals surface area contributed by atoms with E-state index in [4.69, 9.17) is 27.9 Å². The van der Waals surface area contributed by atoms with Crippen molar-refractivity contribution in [1.29, 1.82) is 0 Å². The van der Waals surface area contributed by atoms with Crippen LogP contribution in [0.4, 0.5) is 5.69 Å². The first-order valence-electron chi connectivity index (χ1n) is 8.15. The van der Waals surface area contributed by atoms with Crippen molar-refractivity contribution < 1.29 is 14.3 Å². The molecular formula is C20H16Cl2N2O3. The van der Waals surface area contributed by atoms with Crippen LogP contribution in [-0.4, -0.2) is 23.5 Å². The molecule has 1 aromatic heterocycles. The van der Waals surface area contributed by atoms with Gasteiger partial charge in [-0.05, 0) is 37.6 Å². The van der Waals surface area contributed by atoms with Crippen LogP contribution in [-0.2, 0) is 9.53 Å². The number of hydrogen-bond donors (Lipinski definition) is 1. The summed E-state index contributed by atoms with van der Waals surface area (Å²) in [6.07, 6.45) is 0. The number of aromatic nitrogens is 1. The molecule has 0 fully saturated rings. The fourth-order valence-corrected chi connectivity index (χ4v) is 3.17. The van der Waals surface area contributed by atoms with Gasteiger partial charge in [0.2, 0.25) is 0 Å². The SMILES string of the molecule is Cc1nc2ccccc2c(C)c1C(=O)OCC(=O)Nc1cccc(Cl)c1Cl. The first kappa shape index (κ1) is 19.1. The summed E-state index contributed by atoms with van der Waals surface area (Å²) in [6, 6.07) is 12.4. The molecule has 1 amide bonds. The summed E-state index contributed by atoms with van der Waals surface area (Å²) in [5.74, 6) is -1.12. The number of aryl methyl sites for hydroxylation is 2. The minimum atomic E-state index is -0.601. The van der Waals surface area contributed by atoms with Gasteiger partial charge >= 0.3 is 5.97 Å². The second-order valence-corrected chi connectivity index (χ2v) is 6.73. The van der Waals surface area contributed by atoms with Crippen LogP contribution >= 0.6 is 23.2 Å². The average molecular weight is 403 g/mol. The van der Waals surface area contributed by atoms with Crippen molar-refractivity contribution in [2.24, 2.45) is 0 Å². The first-order valence-corrected chi connectivity index (χ1v) is 8.91. The predicted octanol–water partition coefficient (Wildman–Crippen LogP) is 4.95. The highest BCUT2D eigenvalue weighted by atomic mass is 35.5. The molecule has 0 radical (unpaired) electrons. The Morgan fingerprint density at radius 1 is 1.07 bits per heavy atom. The van der Waals surface area contributed by atoms with Gasteiger partial charge in [0, 0.05) is 5.39 Å². The van der Waals surface area contributed by atoms with Crippen molar-refractivity contribution in [2.75, 3.05) is 11.9 Å². The van der Waals surface area contributed by atoms with Crippen molar-refractivity contribution in [2.45, 2.75) is 13.8 Å². The molecule has 3 rings (SSSR count). The van der Waals surface area contributed by atoms with Crippen LogP contribution in [0.1, 0.15) is 21.6 Å². The van der Waals surface area contributed by atoms with Crippen molar-refractivity contribution in [3.63, 3.8) is 0 Å². The number of esters is 1. The van der Waals surface area contributed by atoms with Crippen molar-refractivity contribution in [3.8, 4) is 0 Å². The van der Waals surface area contributed by atoms with E-state index in [-0.39, 0.29) is 5.02 Å². The zero-order valence-corrected chi connectivity index (χ0v) is 16.2. The Morgan fingerprint density at radius 3 is 2.59 bits per heavy atom. The van der Waals surface area contributed by atoms with Gasteiger partial charge in [0.25, 0.3) is 5.91 Å². The van der Waals surface area contributed by atoms with E-state index in [9.17, 15) is 9.59 Å². The summed E-state index contributed by atoms with van der Waals surface area (Å²) in [4.78, 5) is 29.0. The van der Waals surface area contributed by atoms with Gasteiger partial charge in [0.1, 0.15) is 0 Å². The van der Waals surface area contributed by atoms with Gasteiger partial charge in [-0.15, -0.1) is 0 Å². The summed E-state index contributed by atoms with van der Waals surface area (Å²) < 4.78 is 5.18. The van der Waals surface area contributed by atoms with E-state index in [1.54, 1.807) is 25.1 Å². The number of amides is 1. The minimum absolute atomic E-state index is 0.226. The lowest BCUT2D eigenvalue weighted by atomic mass is 10.0. The number of carbonyl (C=O) groups is 2. The molecule has 2 aromatic carbocycles. The fraction of sp³-hybridized carbons (Fsp3) is 0.150. The molecule has 0 spiro atoms. The molecule has 7 heteroatoms. The largest absolute Gasteiger partial charge is 0.452 e. The molecule has 0 aliphatic rings. The molecule has 138 valence electrons. The molecule has 0 unspecified atom stereocenters. The van der Waals surface area contributed by atoms with Gasteiger partial charge in [-0.1, -0.05) is 47.5 Å². The minimum Gasteiger partial charge on any atom is -0.452 e. The van der Waals surface area contributed by atoms with Crippen LogP contribution in [0.2, 0.25) is 10.0 Å². The molecule has 1 heterocycles. The average Bonchev–Trinajstić information content (AvgIpc) is 2.64. The Hall–Kier alpha value is -2.63. The van der Waals surface area contributed by atoms with Gasteiger partial charge < -0.3 is 10.1 Å². The molecule has 0 saturated carbocycles. The Labute approximate surface area is 166 Å². The molecule has 5 nitrogen and oxygen atoms in total. The van der Waals surface area contributed by atoms with Crippen LogP contribution in [0, 0.1) is 13.8 Å². The molecule has 1 N–H and O–H groups in total. The number of fused-ring (bicyclic) bond motifs is 1. The molecule has 0 saturated heterocycles. The molecule has 3 aromatic rings. The smallest absolute Gasteiger partial charge is 0.340 e. The van der Waals surface area contributed by atoms with Crippen LogP contribution in [0.25, 0.3) is 10.9 Å². The second kappa shape index (κ2) is 7.94. The lowest BCUT2D eigenvalue weighted by Crippen LogP contribution is -2.22. The van der Waals surface area contributed by atoms with E-state index in [1.165, 1.54) is 0 Å². The van der Waals surface area contributed by atoms with Gasteiger partial charge in [-0.3, -0.25) is 9.78 Å². The third-order valence-corrected chi connectivity index (χ3v) is 4.92. The number of halogens is 2. The topological polar surface area (TPSA) is 68.3 Å². The van der Waals surface area contributed by atoms with Crippen molar-refractivity contribution >= 4 is 51.7 Å². The monoisotopic (exact) mass is 402 g/mol. The van der Waals surface area contributed by atoms with Gasteiger partial charge in [-0.2, -0.15) is 0 Å². The zero-order chi connectivity index (χ0) is 19.6. The molecule has 0 aliphatic heterocycles. The number of benzene rings is 2. The fourth-order valence-electron chi connectivity index (χ4n) is 2.82. The molecule has 0 atom stereocenters. The first-order chi connectivity index (χ1) is 12.9. The number of hydrogen-bond acceptors (Lipinski definition) is 4. The third-order valence-electron chi connectivity index (χ3n) is 4.10. The van der Waals surface area contributed by atoms with Gasteiger partial charge in [0.15, 0.2) is 6.61 Å². The number of pyridine rings is 1. The Morgan fingerprint density at radius 2 is 1.81 bits per heavy atom. The molecule has 27 heavy (non-hydrogen) atoms. The Kier molecular flexibility index (Phi) is 5.63. The maximum Gasteiger partial charge on any atom is 0.340 e. The number of rotatable bonds is 4. The third kappa shape index (κ3) is 4.04. The number of carbonyl (C=O) groups excluding carboxylic acids is 2. The van der Waals surface area contributed by atoms with Crippen molar-refractivity contribution in [3.05, 3.63) is 69.3 Å². The van der Waals surface area contributed by atoms with Crippen LogP contribution in [0.15, 0.2) is 42.5 Å². The van der Waals surface area contributed by atoms with Crippen LogP contribution in [0.3, 0.4) is 0 Å². The summed E-state index contributed by atoms with van der Waals surface area (Å²) in [7, 11) is 0. The number of nitrogens with zero attached hydrogens (tertiary/aromatic N) is 1. The number of ether oxygens (including phenoxy) is 1. The second-order valence-electron chi connectivity index (χ2n) is 5.94. The number of nitrogens with one attached hydrogen (secondary N) is 1. The maximum absolute atomic E-state index is 12.5. The normalized spacial score (nSPS) is 10.7. The summed E-state index contributed by atoms with van der Waals surface area (Å²) in [5, 5.41) is 3.98. The number of para-hydroxylation sites is 1. The highest BCUT2D eigenvalue weighted by Crippen LogP contribution is 2.29. The lowest BCUT2D eigenvalue weighted by Gasteiger charge is -2.12. The van der Waals surface area contributed by atoms with Gasteiger partial charge in [0.05, 0.1) is 32.5 Å². The number of anilines is 1. The van der Waals surface area contributed by atoms with Crippen LogP contribution in [0.5, 0.6) is 0 Å². The van der Waals surface area contributed by atoms with E-state index < -0.39 is 18.5 Å². The summed E-state index contributed by atoms with van der Waals surface area (Å²) >= 11 is 11.9. The Balaban J connectivity index is 1.73. The van der Waals surface area contributed by atoms with Crippen molar-refractivity contribution in [1.82, 2.24) is 4.98 Å². The molecular weight excluding hydrogens is 387 g/mol. The predicted molar refractivity (Wildman–Crippen MR) is 107 cm³/mol. The summed E-state index contributed by atoms with van der Waals surface area (Å²) in [5.41, 5.74) is 2.83. The van der Waals surface area contributed by atoms with Gasteiger partial charge in [-0.25, -0.2) is 4.79 Å². The highest BCUT2D eigenvalue weighted by Gasteiger charge is 2.19. The Bertz CT molecular complexity index is 1050. The van der Waals surface area contributed by atoms with E-state index in [2.05, 4.69) is 10.3 Å². The van der Waals surface area contributed by atoms with Crippen LogP contribution < -0.4 is 5.32 Å². The standard InChI is InChI=1S/C20H16Cl2N2O3/c1-11-13-6-3-4-8-15(13)23-12(2)18(11)20(26)27-10-17(25)24-16-9-5-7-14(21)19(16)22/h3-9H,10H2,1-2H3,(H,24,25). The lowest BCUT2D eigenvalue weighted by molar-refractivity contribution is -0.119. The highest BCUT2D eigenvalue weighted by molar-refractivity contribution is 6.44. The molecule has 0 bridgehead atoms.